The van der Waals surface area contributed by atoms with Gasteiger partial charge in [-0.1, -0.05) is 13.8 Å². The first-order valence-corrected chi connectivity index (χ1v) is 4.38. The van der Waals surface area contributed by atoms with Crippen molar-refractivity contribution in [1.29, 1.82) is 0 Å². The van der Waals surface area contributed by atoms with E-state index < -0.39 is 0 Å². The highest BCUT2D eigenvalue weighted by molar-refractivity contribution is 5.79. The van der Waals surface area contributed by atoms with Gasteiger partial charge in [0.1, 0.15) is 0 Å². The highest BCUT2D eigenvalue weighted by Crippen LogP contribution is 2.39. The Kier molecular flexibility index (Phi) is 2.53. The van der Waals surface area contributed by atoms with E-state index in [0.717, 1.165) is 6.42 Å². The van der Waals surface area contributed by atoms with Crippen LogP contribution in [0.15, 0.2) is 0 Å². The minimum absolute atomic E-state index is 0.231. The smallest absolute Gasteiger partial charge is 0.223 e. The summed E-state index contributed by atoms with van der Waals surface area (Å²) in [6, 6.07) is 0. The molecular formula is C9H17NO. The van der Waals surface area contributed by atoms with Crippen molar-refractivity contribution in [2.45, 2.75) is 26.7 Å². The van der Waals surface area contributed by atoms with Gasteiger partial charge in [0, 0.05) is 13.0 Å². The van der Waals surface area contributed by atoms with Gasteiger partial charge in [0.2, 0.25) is 5.91 Å². The van der Waals surface area contributed by atoms with Crippen molar-refractivity contribution in [2.75, 3.05) is 7.05 Å². The van der Waals surface area contributed by atoms with E-state index in [9.17, 15) is 4.79 Å². The fourth-order valence-electron chi connectivity index (χ4n) is 1.83. The van der Waals surface area contributed by atoms with Crippen LogP contribution < -0.4 is 5.32 Å². The zero-order valence-electron chi connectivity index (χ0n) is 7.55. The minimum Gasteiger partial charge on any atom is -0.359 e. The average Bonchev–Trinajstić information content (AvgIpc) is 1.83. The van der Waals surface area contributed by atoms with Gasteiger partial charge in [-0.25, -0.2) is 0 Å². The largest absolute Gasteiger partial charge is 0.359 e. The first-order chi connectivity index (χ1) is 5.16. The van der Waals surface area contributed by atoms with Crippen LogP contribution in [0, 0.1) is 17.8 Å². The van der Waals surface area contributed by atoms with Crippen LogP contribution in [0.4, 0.5) is 0 Å². The molecule has 1 fully saturated rings. The lowest BCUT2D eigenvalue weighted by Gasteiger charge is -2.37. The van der Waals surface area contributed by atoms with Crippen LogP contribution in [-0.4, -0.2) is 13.0 Å². The van der Waals surface area contributed by atoms with Crippen LogP contribution in [0.3, 0.4) is 0 Å². The Labute approximate surface area is 68.4 Å². The highest BCUT2D eigenvalue weighted by atomic mass is 16.1. The van der Waals surface area contributed by atoms with E-state index in [1.165, 1.54) is 6.42 Å². The van der Waals surface area contributed by atoms with Crippen molar-refractivity contribution >= 4 is 5.91 Å². The van der Waals surface area contributed by atoms with Crippen molar-refractivity contribution in [3.63, 3.8) is 0 Å². The molecule has 64 valence electrons. The molecule has 0 heterocycles. The first kappa shape index (κ1) is 8.57. The summed E-state index contributed by atoms with van der Waals surface area (Å²) < 4.78 is 0. The summed E-state index contributed by atoms with van der Waals surface area (Å²) >= 11 is 0. The molecule has 0 unspecified atom stereocenters. The van der Waals surface area contributed by atoms with Crippen LogP contribution in [0.25, 0.3) is 0 Å². The maximum absolute atomic E-state index is 11.2. The van der Waals surface area contributed by atoms with Gasteiger partial charge in [0.25, 0.3) is 0 Å². The Morgan fingerprint density at radius 1 is 1.45 bits per heavy atom. The summed E-state index contributed by atoms with van der Waals surface area (Å²) in [4.78, 5) is 11.2. The molecule has 0 spiro atoms. The fourth-order valence-corrected chi connectivity index (χ4v) is 1.83. The van der Waals surface area contributed by atoms with Crippen LogP contribution in [0.5, 0.6) is 0 Å². The first-order valence-electron chi connectivity index (χ1n) is 4.38. The van der Waals surface area contributed by atoms with Gasteiger partial charge in [0.05, 0.1) is 0 Å². The molecule has 1 aliphatic rings. The molecule has 1 N–H and O–H groups in total. The predicted molar refractivity (Wildman–Crippen MR) is 45.1 cm³/mol. The molecule has 0 saturated heterocycles. The Balaban J connectivity index is 2.43. The summed E-state index contributed by atoms with van der Waals surface area (Å²) in [7, 11) is 1.72. The molecule has 0 aromatic heterocycles. The van der Waals surface area contributed by atoms with Gasteiger partial charge in [-0.2, -0.15) is 0 Å². The molecule has 2 heteroatoms. The fraction of sp³-hybridized carbons (Fsp3) is 0.889. The number of hydrogen-bond acceptors (Lipinski definition) is 1. The quantitative estimate of drug-likeness (QED) is 0.642. The summed E-state index contributed by atoms with van der Waals surface area (Å²) in [5.41, 5.74) is 0. The molecule has 0 aliphatic heterocycles. The summed E-state index contributed by atoms with van der Waals surface area (Å²) in [6.45, 7) is 4.39. The van der Waals surface area contributed by atoms with Crippen LogP contribution >= 0.6 is 0 Å². The number of hydrogen-bond donors (Lipinski definition) is 1. The maximum atomic E-state index is 11.2. The lowest BCUT2D eigenvalue weighted by Crippen LogP contribution is -2.41. The minimum atomic E-state index is 0.231. The van der Waals surface area contributed by atoms with Gasteiger partial charge < -0.3 is 5.32 Å². The summed E-state index contributed by atoms with van der Waals surface area (Å²) in [5, 5.41) is 2.71. The van der Waals surface area contributed by atoms with Gasteiger partial charge >= 0.3 is 0 Å². The zero-order valence-corrected chi connectivity index (χ0v) is 7.55. The monoisotopic (exact) mass is 155 g/mol. The molecular weight excluding hydrogens is 138 g/mol. The molecule has 1 aliphatic carbocycles. The number of amides is 1. The van der Waals surface area contributed by atoms with Crippen molar-refractivity contribution in [3.05, 3.63) is 0 Å². The van der Waals surface area contributed by atoms with Crippen molar-refractivity contribution in [1.82, 2.24) is 5.32 Å². The van der Waals surface area contributed by atoms with Gasteiger partial charge in [-0.15, -0.1) is 0 Å². The van der Waals surface area contributed by atoms with E-state index >= 15 is 0 Å². The molecule has 1 saturated carbocycles. The van der Waals surface area contributed by atoms with E-state index in [0.29, 0.717) is 17.8 Å². The summed E-state index contributed by atoms with van der Waals surface area (Å²) in [5.74, 6) is 1.83. The number of rotatable bonds is 2. The van der Waals surface area contributed by atoms with Crippen molar-refractivity contribution in [2.24, 2.45) is 17.8 Å². The number of nitrogens with one attached hydrogen (secondary N) is 1. The number of carbonyl (C=O) groups is 1. The van der Waals surface area contributed by atoms with Gasteiger partial charge in [0.15, 0.2) is 0 Å². The molecule has 2 atom stereocenters. The van der Waals surface area contributed by atoms with Crippen molar-refractivity contribution < 1.29 is 4.79 Å². The second-order valence-corrected chi connectivity index (χ2v) is 3.71. The third kappa shape index (κ3) is 1.55. The molecule has 1 amide bonds. The topological polar surface area (TPSA) is 29.1 Å². The van der Waals surface area contributed by atoms with Crippen LogP contribution in [-0.2, 0) is 4.79 Å². The van der Waals surface area contributed by atoms with Gasteiger partial charge in [-0.05, 0) is 24.7 Å². The lowest BCUT2D eigenvalue weighted by molar-refractivity contribution is -0.130. The third-order valence-corrected chi connectivity index (χ3v) is 2.77. The summed E-state index contributed by atoms with van der Waals surface area (Å²) in [6.07, 6.45) is 2.32. The Hall–Kier alpha value is -0.530. The lowest BCUT2D eigenvalue weighted by atomic mass is 9.67. The van der Waals surface area contributed by atoms with Gasteiger partial charge in [-0.3, -0.25) is 4.79 Å². The predicted octanol–water partition coefficient (Wildman–Crippen LogP) is 1.41. The Bertz CT molecular complexity index is 154. The Morgan fingerprint density at radius 3 is 2.36 bits per heavy atom. The second kappa shape index (κ2) is 3.24. The van der Waals surface area contributed by atoms with E-state index in [1.807, 2.05) is 0 Å². The Morgan fingerprint density at radius 2 is 2.09 bits per heavy atom. The standard InChI is InChI=1S/C9H17NO/c1-6(2)7-4-5-8(7)9(11)10-3/h6-8H,4-5H2,1-3H3,(H,10,11)/t7-,8+/m0/s1. The molecule has 0 aromatic rings. The highest BCUT2D eigenvalue weighted by Gasteiger charge is 2.37. The third-order valence-electron chi connectivity index (χ3n) is 2.77. The molecule has 1 rings (SSSR count). The SMILES string of the molecule is CNC(=O)[C@@H]1CC[C@H]1C(C)C. The average molecular weight is 155 g/mol. The molecule has 11 heavy (non-hydrogen) atoms. The molecule has 0 aromatic carbocycles. The van der Waals surface area contributed by atoms with E-state index in [-0.39, 0.29) is 5.91 Å². The molecule has 0 radical (unpaired) electrons. The zero-order chi connectivity index (χ0) is 8.43. The maximum Gasteiger partial charge on any atom is 0.223 e. The van der Waals surface area contributed by atoms with E-state index in [1.54, 1.807) is 7.05 Å². The normalized spacial score (nSPS) is 29.8. The van der Waals surface area contributed by atoms with Crippen LogP contribution in [0.1, 0.15) is 26.7 Å². The second-order valence-electron chi connectivity index (χ2n) is 3.71. The van der Waals surface area contributed by atoms with Crippen LogP contribution in [0.2, 0.25) is 0 Å². The molecule has 2 nitrogen and oxygen atoms in total. The molecule has 0 bridgehead atoms. The van der Waals surface area contributed by atoms with Crippen molar-refractivity contribution in [3.8, 4) is 0 Å². The number of carbonyl (C=O) groups excluding carboxylic acids is 1. The van der Waals surface area contributed by atoms with E-state index in [4.69, 9.17) is 0 Å². The van der Waals surface area contributed by atoms with E-state index in [2.05, 4.69) is 19.2 Å².